The van der Waals surface area contributed by atoms with Gasteiger partial charge in [0, 0.05) is 4.90 Å². The molecule has 1 aromatic heterocycles. The number of rotatable bonds is 4. The number of pyridine rings is 1. The van der Waals surface area contributed by atoms with E-state index in [0.717, 1.165) is 9.92 Å². The summed E-state index contributed by atoms with van der Waals surface area (Å²) in [5.74, 6) is 0.508. The quantitative estimate of drug-likeness (QED) is 0.900. The number of nitrogen functional groups attached to an aromatic ring is 1. The topological polar surface area (TPSA) is 48.1 Å². The summed E-state index contributed by atoms with van der Waals surface area (Å²) < 4.78 is 5.37. The van der Waals surface area contributed by atoms with Gasteiger partial charge in [-0.1, -0.05) is 30.0 Å². The molecule has 0 atom stereocenters. The fourth-order valence-corrected chi connectivity index (χ4v) is 2.15. The van der Waals surface area contributed by atoms with Crippen LogP contribution in [0.15, 0.2) is 52.4 Å². The Hall–Kier alpha value is -1.68. The van der Waals surface area contributed by atoms with Crippen LogP contribution in [-0.2, 0) is 0 Å². The van der Waals surface area contributed by atoms with Crippen molar-refractivity contribution < 1.29 is 4.74 Å². The monoisotopic (exact) mass is 246 g/mol. The molecule has 88 valence electrons. The molecule has 0 unspecified atom stereocenters. The molecular formula is C13H14N2OS. The first kappa shape index (κ1) is 11.8. The van der Waals surface area contributed by atoms with Gasteiger partial charge in [0.05, 0.1) is 12.3 Å². The van der Waals surface area contributed by atoms with Crippen molar-refractivity contribution in [3.05, 3.63) is 42.5 Å². The van der Waals surface area contributed by atoms with Gasteiger partial charge in [0.1, 0.15) is 5.03 Å². The van der Waals surface area contributed by atoms with Gasteiger partial charge >= 0.3 is 0 Å². The molecule has 2 rings (SSSR count). The van der Waals surface area contributed by atoms with Crippen molar-refractivity contribution in [2.45, 2.75) is 16.8 Å². The van der Waals surface area contributed by atoms with E-state index in [1.807, 2.05) is 49.4 Å². The van der Waals surface area contributed by atoms with E-state index in [1.54, 1.807) is 11.8 Å². The third-order valence-electron chi connectivity index (χ3n) is 2.11. The van der Waals surface area contributed by atoms with Crippen molar-refractivity contribution in [3.63, 3.8) is 0 Å². The Kier molecular flexibility index (Phi) is 3.88. The SMILES string of the molecule is CCOc1nc(Sc2ccccc2)ccc1N. The Bertz CT molecular complexity index is 488. The molecule has 0 spiro atoms. The van der Waals surface area contributed by atoms with Crippen LogP contribution in [0.4, 0.5) is 5.69 Å². The minimum absolute atomic E-state index is 0.508. The Labute approximate surface area is 105 Å². The minimum atomic E-state index is 0.508. The highest BCUT2D eigenvalue weighted by Crippen LogP contribution is 2.29. The molecule has 0 aliphatic rings. The van der Waals surface area contributed by atoms with E-state index < -0.39 is 0 Å². The van der Waals surface area contributed by atoms with Crippen LogP contribution in [0.5, 0.6) is 5.88 Å². The molecule has 0 aliphatic carbocycles. The predicted octanol–water partition coefficient (Wildman–Crippen LogP) is 3.21. The molecule has 0 radical (unpaired) electrons. The summed E-state index contributed by atoms with van der Waals surface area (Å²) in [6.07, 6.45) is 0. The molecule has 0 fully saturated rings. The molecule has 0 amide bonds. The third kappa shape index (κ3) is 3.14. The fourth-order valence-electron chi connectivity index (χ4n) is 1.35. The van der Waals surface area contributed by atoms with E-state index in [4.69, 9.17) is 10.5 Å². The zero-order chi connectivity index (χ0) is 12.1. The number of nitrogens with two attached hydrogens (primary N) is 1. The molecule has 0 bridgehead atoms. The maximum atomic E-state index is 5.77. The van der Waals surface area contributed by atoms with Crippen LogP contribution in [-0.4, -0.2) is 11.6 Å². The Balaban J connectivity index is 2.19. The zero-order valence-electron chi connectivity index (χ0n) is 9.59. The molecule has 4 heteroatoms. The molecule has 0 saturated carbocycles. The van der Waals surface area contributed by atoms with Crippen molar-refractivity contribution in [1.29, 1.82) is 0 Å². The van der Waals surface area contributed by atoms with Gasteiger partial charge < -0.3 is 10.5 Å². The van der Waals surface area contributed by atoms with Crippen molar-refractivity contribution in [2.24, 2.45) is 0 Å². The minimum Gasteiger partial charge on any atom is -0.476 e. The highest BCUT2D eigenvalue weighted by molar-refractivity contribution is 7.99. The lowest BCUT2D eigenvalue weighted by atomic mass is 10.4. The number of hydrogen-bond acceptors (Lipinski definition) is 4. The van der Waals surface area contributed by atoms with Crippen LogP contribution in [0.2, 0.25) is 0 Å². The van der Waals surface area contributed by atoms with Crippen LogP contribution < -0.4 is 10.5 Å². The van der Waals surface area contributed by atoms with Crippen LogP contribution in [0.25, 0.3) is 0 Å². The van der Waals surface area contributed by atoms with Gasteiger partial charge in [0.25, 0.3) is 0 Å². The van der Waals surface area contributed by atoms with Crippen LogP contribution >= 0.6 is 11.8 Å². The summed E-state index contributed by atoms with van der Waals surface area (Å²) in [6, 6.07) is 13.8. The van der Waals surface area contributed by atoms with Gasteiger partial charge in [0.15, 0.2) is 0 Å². The van der Waals surface area contributed by atoms with Crippen molar-refractivity contribution in [1.82, 2.24) is 4.98 Å². The lowest BCUT2D eigenvalue weighted by Crippen LogP contribution is -1.99. The Morgan fingerprint density at radius 2 is 1.94 bits per heavy atom. The summed E-state index contributed by atoms with van der Waals surface area (Å²) >= 11 is 1.59. The normalized spacial score (nSPS) is 10.2. The number of anilines is 1. The van der Waals surface area contributed by atoms with Crippen molar-refractivity contribution in [2.75, 3.05) is 12.3 Å². The van der Waals surface area contributed by atoms with Crippen molar-refractivity contribution in [3.8, 4) is 5.88 Å². The molecule has 2 aromatic rings. The van der Waals surface area contributed by atoms with Gasteiger partial charge in [-0.2, -0.15) is 0 Å². The van der Waals surface area contributed by atoms with E-state index in [9.17, 15) is 0 Å². The van der Waals surface area contributed by atoms with Crippen LogP contribution in [0, 0.1) is 0 Å². The molecule has 17 heavy (non-hydrogen) atoms. The Morgan fingerprint density at radius 1 is 1.18 bits per heavy atom. The largest absolute Gasteiger partial charge is 0.476 e. The summed E-state index contributed by atoms with van der Waals surface area (Å²) in [7, 11) is 0. The lowest BCUT2D eigenvalue weighted by Gasteiger charge is -2.07. The second kappa shape index (κ2) is 5.59. The molecule has 1 heterocycles. The second-order valence-corrected chi connectivity index (χ2v) is 4.49. The maximum Gasteiger partial charge on any atom is 0.238 e. The second-order valence-electron chi connectivity index (χ2n) is 3.39. The average Bonchev–Trinajstić information content (AvgIpc) is 2.35. The molecule has 1 aromatic carbocycles. The highest BCUT2D eigenvalue weighted by Gasteiger charge is 2.04. The molecule has 0 saturated heterocycles. The van der Waals surface area contributed by atoms with E-state index in [-0.39, 0.29) is 0 Å². The fraction of sp³-hybridized carbons (Fsp3) is 0.154. The smallest absolute Gasteiger partial charge is 0.238 e. The summed E-state index contributed by atoms with van der Waals surface area (Å²) in [6.45, 7) is 2.48. The average molecular weight is 246 g/mol. The first-order chi connectivity index (χ1) is 8.29. The van der Waals surface area contributed by atoms with Crippen LogP contribution in [0.3, 0.4) is 0 Å². The maximum absolute atomic E-state index is 5.77. The first-order valence-corrected chi connectivity index (χ1v) is 6.23. The van der Waals surface area contributed by atoms with Crippen LogP contribution in [0.1, 0.15) is 6.92 Å². The number of ether oxygens (including phenoxy) is 1. The van der Waals surface area contributed by atoms with Gasteiger partial charge in [-0.15, -0.1) is 0 Å². The standard InChI is InChI=1S/C13H14N2OS/c1-2-16-13-11(14)8-9-12(15-13)17-10-6-4-3-5-7-10/h3-9H,2,14H2,1H3. The van der Waals surface area contributed by atoms with E-state index >= 15 is 0 Å². The third-order valence-corrected chi connectivity index (χ3v) is 3.06. The predicted molar refractivity (Wildman–Crippen MR) is 70.4 cm³/mol. The first-order valence-electron chi connectivity index (χ1n) is 5.42. The number of benzene rings is 1. The molecule has 2 N–H and O–H groups in total. The summed E-state index contributed by atoms with van der Waals surface area (Å²) in [5, 5.41) is 0.883. The highest BCUT2D eigenvalue weighted by atomic mass is 32.2. The molecular weight excluding hydrogens is 232 g/mol. The summed E-state index contributed by atoms with van der Waals surface area (Å²) in [4.78, 5) is 5.52. The van der Waals surface area contributed by atoms with E-state index in [1.165, 1.54) is 0 Å². The van der Waals surface area contributed by atoms with E-state index in [2.05, 4.69) is 4.98 Å². The van der Waals surface area contributed by atoms with Gasteiger partial charge in [-0.3, -0.25) is 0 Å². The lowest BCUT2D eigenvalue weighted by molar-refractivity contribution is 0.326. The Morgan fingerprint density at radius 3 is 2.65 bits per heavy atom. The van der Waals surface area contributed by atoms with Gasteiger partial charge in [0.2, 0.25) is 5.88 Å². The van der Waals surface area contributed by atoms with Gasteiger partial charge in [-0.25, -0.2) is 4.98 Å². The molecule has 0 aliphatic heterocycles. The van der Waals surface area contributed by atoms with Crippen molar-refractivity contribution >= 4 is 17.4 Å². The zero-order valence-corrected chi connectivity index (χ0v) is 10.4. The molecule has 3 nitrogen and oxygen atoms in total. The van der Waals surface area contributed by atoms with Gasteiger partial charge in [-0.05, 0) is 31.2 Å². The van der Waals surface area contributed by atoms with E-state index in [0.29, 0.717) is 18.2 Å². The number of nitrogens with zero attached hydrogens (tertiary/aromatic N) is 1. The number of hydrogen-bond donors (Lipinski definition) is 1. The summed E-state index contributed by atoms with van der Waals surface area (Å²) in [5.41, 5.74) is 6.35. The number of aromatic nitrogens is 1.